The molecular formula is C38H43N3O6. The molecule has 1 saturated heterocycles. The number of rotatable bonds is 9. The maximum atomic E-state index is 14.8. The van der Waals surface area contributed by atoms with Gasteiger partial charge in [-0.05, 0) is 60.2 Å². The van der Waals surface area contributed by atoms with E-state index in [-0.39, 0.29) is 38.0 Å². The molecule has 0 saturated carbocycles. The molecule has 1 fully saturated rings. The lowest BCUT2D eigenvalue weighted by molar-refractivity contribution is -0.140. The van der Waals surface area contributed by atoms with Gasteiger partial charge in [0.1, 0.15) is 12.4 Å². The van der Waals surface area contributed by atoms with Gasteiger partial charge in [0.15, 0.2) is 0 Å². The van der Waals surface area contributed by atoms with Crippen LogP contribution < -0.4 is 4.74 Å². The van der Waals surface area contributed by atoms with Gasteiger partial charge >= 0.3 is 12.1 Å². The summed E-state index contributed by atoms with van der Waals surface area (Å²) in [4.78, 5) is 42.2. The summed E-state index contributed by atoms with van der Waals surface area (Å²) in [6, 6.07) is 28.1. The van der Waals surface area contributed by atoms with E-state index in [1.165, 1.54) is 12.0 Å². The van der Waals surface area contributed by atoms with Gasteiger partial charge in [-0.2, -0.15) is 0 Å². The highest BCUT2D eigenvalue weighted by atomic mass is 16.5. The molecule has 0 bridgehead atoms. The summed E-state index contributed by atoms with van der Waals surface area (Å²) in [5.41, 5.74) is 4.56. The summed E-state index contributed by atoms with van der Waals surface area (Å²) in [7, 11) is 1.37. The van der Waals surface area contributed by atoms with Gasteiger partial charge < -0.3 is 28.9 Å². The predicted octanol–water partition coefficient (Wildman–Crippen LogP) is 6.86. The number of aromatic nitrogens is 1. The van der Waals surface area contributed by atoms with Crippen LogP contribution in [0.15, 0.2) is 91.0 Å². The van der Waals surface area contributed by atoms with Crippen LogP contribution in [0.5, 0.6) is 5.75 Å². The zero-order chi connectivity index (χ0) is 33.7. The van der Waals surface area contributed by atoms with Crippen LogP contribution in [0, 0.1) is 12.3 Å². The van der Waals surface area contributed by atoms with Crippen molar-refractivity contribution in [3.63, 3.8) is 0 Å². The second-order valence-electron chi connectivity index (χ2n) is 13.0. The van der Waals surface area contributed by atoms with Crippen LogP contribution in [-0.4, -0.2) is 76.3 Å². The molecule has 0 aliphatic carbocycles. The standard InChI is InChI=1S/C38H43N3O6/c1-26-24-31(34(28-12-8-6-9-13-28)41(26)29-14-10-7-11-15-29)36(43)39-22-23-40(37(44)45)35(38(2,3)4)32(39)25-47-30-19-16-27(17-20-30)18-21-33(42)46-5/h6-17,19-20,24,32,35H,18,21-23,25H2,1-5H3,(H,44,45). The van der Waals surface area contributed by atoms with E-state index in [4.69, 9.17) is 9.47 Å². The molecule has 2 amide bonds. The zero-order valence-electron chi connectivity index (χ0n) is 27.7. The number of carbonyl (C=O) groups excluding carboxylic acids is 2. The van der Waals surface area contributed by atoms with E-state index in [1.54, 1.807) is 4.90 Å². The zero-order valence-corrected chi connectivity index (χ0v) is 27.7. The Balaban J connectivity index is 1.52. The third-order valence-electron chi connectivity index (χ3n) is 8.74. The number of hydrogen-bond donors (Lipinski definition) is 1. The van der Waals surface area contributed by atoms with Crippen LogP contribution in [0.2, 0.25) is 0 Å². The van der Waals surface area contributed by atoms with Crippen molar-refractivity contribution in [3.05, 3.63) is 108 Å². The molecule has 2 heterocycles. The first kappa shape index (κ1) is 33.3. The van der Waals surface area contributed by atoms with Crippen molar-refractivity contribution in [1.29, 1.82) is 0 Å². The first-order valence-corrected chi connectivity index (χ1v) is 15.9. The Morgan fingerprint density at radius 3 is 2.09 bits per heavy atom. The predicted molar refractivity (Wildman–Crippen MR) is 181 cm³/mol. The number of piperazine rings is 1. The Bertz CT molecular complexity index is 1690. The maximum absolute atomic E-state index is 14.8. The van der Waals surface area contributed by atoms with Gasteiger partial charge in [0.2, 0.25) is 0 Å². The summed E-state index contributed by atoms with van der Waals surface area (Å²) in [5.74, 6) is 0.149. The summed E-state index contributed by atoms with van der Waals surface area (Å²) in [6.45, 7) is 8.49. The van der Waals surface area contributed by atoms with E-state index < -0.39 is 23.6 Å². The number of ether oxygens (including phenoxy) is 2. The molecule has 1 aromatic heterocycles. The molecule has 4 aromatic rings. The number of aryl methyl sites for hydroxylation is 2. The number of hydrogen-bond acceptors (Lipinski definition) is 5. The number of amides is 2. The molecule has 9 heteroatoms. The second-order valence-corrected chi connectivity index (χ2v) is 13.0. The number of carbonyl (C=O) groups is 3. The molecule has 1 aliphatic heterocycles. The molecule has 5 rings (SSSR count). The van der Waals surface area contributed by atoms with E-state index in [0.29, 0.717) is 17.7 Å². The minimum absolute atomic E-state index is 0.0952. The summed E-state index contributed by atoms with van der Waals surface area (Å²) in [6.07, 6.45) is -0.193. The molecule has 47 heavy (non-hydrogen) atoms. The van der Waals surface area contributed by atoms with Crippen LogP contribution in [-0.2, 0) is 16.0 Å². The molecule has 2 atom stereocenters. The van der Waals surface area contributed by atoms with Gasteiger partial charge in [-0.3, -0.25) is 9.59 Å². The fourth-order valence-corrected chi connectivity index (χ4v) is 6.62. The summed E-state index contributed by atoms with van der Waals surface area (Å²) >= 11 is 0. The van der Waals surface area contributed by atoms with Crippen molar-refractivity contribution in [2.24, 2.45) is 5.41 Å². The molecular weight excluding hydrogens is 594 g/mol. The normalized spacial score (nSPS) is 16.5. The topological polar surface area (TPSA) is 101 Å². The van der Waals surface area contributed by atoms with Gasteiger partial charge in [0.25, 0.3) is 5.91 Å². The second kappa shape index (κ2) is 14.2. The molecule has 2 unspecified atom stereocenters. The minimum atomic E-state index is -1.02. The number of esters is 1. The molecule has 1 N–H and O–H groups in total. The maximum Gasteiger partial charge on any atom is 0.407 e. The lowest BCUT2D eigenvalue weighted by atomic mass is 9.79. The summed E-state index contributed by atoms with van der Waals surface area (Å²) < 4.78 is 13.2. The van der Waals surface area contributed by atoms with Crippen LogP contribution >= 0.6 is 0 Å². The Morgan fingerprint density at radius 2 is 1.49 bits per heavy atom. The quantitative estimate of drug-likeness (QED) is 0.201. The average molecular weight is 638 g/mol. The molecule has 9 nitrogen and oxygen atoms in total. The highest BCUT2D eigenvalue weighted by Crippen LogP contribution is 2.36. The monoisotopic (exact) mass is 637 g/mol. The van der Waals surface area contributed by atoms with E-state index in [0.717, 1.165) is 28.2 Å². The molecule has 0 spiro atoms. The first-order chi connectivity index (χ1) is 22.5. The van der Waals surface area contributed by atoms with Crippen LogP contribution in [0.25, 0.3) is 16.9 Å². The van der Waals surface area contributed by atoms with E-state index in [1.807, 2.05) is 119 Å². The molecule has 3 aromatic carbocycles. The smallest absolute Gasteiger partial charge is 0.407 e. The fraction of sp³-hybridized carbons (Fsp3) is 0.342. The minimum Gasteiger partial charge on any atom is -0.491 e. The summed E-state index contributed by atoms with van der Waals surface area (Å²) in [5, 5.41) is 10.3. The van der Waals surface area contributed by atoms with Gasteiger partial charge in [-0.1, -0.05) is 81.4 Å². The highest BCUT2D eigenvalue weighted by Gasteiger charge is 2.47. The lowest BCUT2D eigenvalue weighted by Crippen LogP contribution is -2.67. The molecule has 246 valence electrons. The number of nitrogens with zero attached hydrogens (tertiary/aromatic N) is 3. The van der Waals surface area contributed by atoms with Crippen LogP contribution in [0.3, 0.4) is 0 Å². The van der Waals surface area contributed by atoms with Crippen molar-refractivity contribution in [2.75, 3.05) is 26.8 Å². The highest BCUT2D eigenvalue weighted by molar-refractivity contribution is 6.01. The number of carboxylic acid groups (broad SMARTS) is 1. The third-order valence-corrected chi connectivity index (χ3v) is 8.74. The van der Waals surface area contributed by atoms with E-state index in [2.05, 4.69) is 4.57 Å². The van der Waals surface area contributed by atoms with Crippen molar-refractivity contribution in [1.82, 2.24) is 14.4 Å². The van der Waals surface area contributed by atoms with Crippen LogP contribution in [0.4, 0.5) is 4.79 Å². The lowest BCUT2D eigenvalue weighted by Gasteiger charge is -2.51. The average Bonchev–Trinajstić information content (AvgIpc) is 3.42. The number of benzene rings is 3. The largest absolute Gasteiger partial charge is 0.491 e. The van der Waals surface area contributed by atoms with Crippen molar-refractivity contribution in [2.45, 2.75) is 52.6 Å². The van der Waals surface area contributed by atoms with Gasteiger partial charge in [0, 0.05) is 30.9 Å². The van der Waals surface area contributed by atoms with E-state index in [9.17, 15) is 19.5 Å². The van der Waals surface area contributed by atoms with Crippen molar-refractivity contribution < 1.29 is 29.0 Å². The Hall–Kier alpha value is -5.05. The Kier molecular flexibility index (Phi) is 10.0. The van der Waals surface area contributed by atoms with E-state index >= 15 is 0 Å². The molecule has 1 aliphatic rings. The first-order valence-electron chi connectivity index (χ1n) is 15.9. The van der Waals surface area contributed by atoms with Crippen LogP contribution in [0.1, 0.15) is 48.8 Å². The fourth-order valence-electron chi connectivity index (χ4n) is 6.62. The van der Waals surface area contributed by atoms with Gasteiger partial charge in [-0.15, -0.1) is 0 Å². The SMILES string of the molecule is COC(=O)CCc1ccc(OCC2C(C(C)(C)C)N(C(=O)O)CCN2C(=O)c2cc(C)n(-c3ccccc3)c2-c2ccccc2)cc1. The Morgan fingerprint density at radius 1 is 0.872 bits per heavy atom. The third kappa shape index (κ3) is 7.35. The molecule has 0 radical (unpaired) electrons. The number of methoxy groups -OCH3 is 1. The van der Waals surface area contributed by atoms with Gasteiger partial charge in [-0.25, -0.2) is 4.79 Å². The van der Waals surface area contributed by atoms with Crippen molar-refractivity contribution in [3.8, 4) is 22.7 Å². The van der Waals surface area contributed by atoms with Gasteiger partial charge in [0.05, 0.1) is 30.5 Å². The Labute approximate surface area is 276 Å². The number of para-hydroxylation sites is 1. The van der Waals surface area contributed by atoms with Crippen molar-refractivity contribution >= 4 is 18.0 Å².